The number of fused-ring (bicyclic) bond motifs is 1. The number of halogens is 2. The third-order valence-corrected chi connectivity index (χ3v) is 5.58. The van der Waals surface area contributed by atoms with Crippen LogP contribution in [-0.4, -0.2) is 26.0 Å². The first-order valence-corrected chi connectivity index (χ1v) is 10.5. The molecule has 0 radical (unpaired) electrons. The first kappa shape index (κ1) is 22.7. The number of carbonyl (C=O) groups is 2. The summed E-state index contributed by atoms with van der Waals surface area (Å²) in [5.41, 5.74) is 1.88. The van der Waals surface area contributed by atoms with Crippen molar-refractivity contribution in [2.75, 3.05) is 14.2 Å². The zero-order valence-electron chi connectivity index (χ0n) is 17.9. The molecule has 0 saturated carbocycles. The molecule has 0 N–H and O–H groups in total. The summed E-state index contributed by atoms with van der Waals surface area (Å²) in [6, 6.07) is 12.8. The van der Waals surface area contributed by atoms with Gasteiger partial charge in [0.2, 0.25) is 5.78 Å². The van der Waals surface area contributed by atoms with Gasteiger partial charge in [0.25, 0.3) is 0 Å². The Bertz CT molecular complexity index is 1310. The Morgan fingerprint density at radius 2 is 1.73 bits per heavy atom. The predicted octanol–water partition coefficient (Wildman–Crippen LogP) is 6.15. The van der Waals surface area contributed by atoms with E-state index in [9.17, 15) is 9.59 Å². The fraction of sp³-hybridized carbons (Fsp3) is 0.120. The molecule has 8 heteroatoms. The van der Waals surface area contributed by atoms with Gasteiger partial charge in [-0.05, 0) is 60.5 Å². The van der Waals surface area contributed by atoms with Crippen LogP contribution in [0.15, 0.2) is 54.3 Å². The van der Waals surface area contributed by atoms with Gasteiger partial charge in [0, 0.05) is 16.1 Å². The summed E-state index contributed by atoms with van der Waals surface area (Å²) in [5.74, 6) is 0.669. The second-order valence-corrected chi connectivity index (χ2v) is 8.02. The number of ether oxygens (including phenoxy) is 4. The molecular formula is C25H18Cl2O6. The average molecular weight is 485 g/mol. The molecule has 168 valence electrons. The molecule has 3 aromatic rings. The third kappa shape index (κ3) is 4.53. The SMILES string of the molecule is COc1ccc(C(=O)Oc2cc(C)c3c(c2)O/C(=C\c2ccc(Cl)cc2Cl)C3=O)cc1OC. The highest BCUT2D eigenvalue weighted by Gasteiger charge is 2.30. The second-order valence-electron chi connectivity index (χ2n) is 7.18. The van der Waals surface area contributed by atoms with E-state index in [0.29, 0.717) is 44.0 Å². The lowest BCUT2D eigenvalue weighted by molar-refractivity contribution is 0.0734. The van der Waals surface area contributed by atoms with Gasteiger partial charge in [-0.15, -0.1) is 0 Å². The minimum Gasteiger partial charge on any atom is -0.493 e. The van der Waals surface area contributed by atoms with Gasteiger partial charge in [-0.1, -0.05) is 29.3 Å². The van der Waals surface area contributed by atoms with Crippen molar-refractivity contribution in [3.63, 3.8) is 0 Å². The van der Waals surface area contributed by atoms with Crippen LogP contribution in [0.4, 0.5) is 0 Å². The normalized spacial score (nSPS) is 13.5. The standard InChI is InChI=1S/C25H18Cl2O6/c1-13-8-17(32-25(29)15-5-7-19(30-2)20(10-15)31-3)12-21-23(13)24(28)22(33-21)9-14-4-6-16(26)11-18(14)27/h4-12H,1-3H3/b22-9-. The van der Waals surface area contributed by atoms with Gasteiger partial charge < -0.3 is 18.9 Å². The summed E-state index contributed by atoms with van der Waals surface area (Å²) in [6.07, 6.45) is 1.55. The topological polar surface area (TPSA) is 71.1 Å². The molecule has 0 spiro atoms. The molecular weight excluding hydrogens is 467 g/mol. The Labute approximate surface area is 200 Å². The predicted molar refractivity (Wildman–Crippen MR) is 125 cm³/mol. The van der Waals surface area contributed by atoms with Crippen molar-refractivity contribution < 1.29 is 28.5 Å². The molecule has 0 aliphatic carbocycles. The monoisotopic (exact) mass is 484 g/mol. The molecule has 4 rings (SSSR count). The zero-order chi connectivity index (χ0) is 23.7. The number of carbonyl (C=O) groups excluding carboxylic acids is 2. The molecule has 0 bridgehead atoms. The molecule has 1 heterocycles. The molecule has 0 unspecified atom stereocenters. The van der Waals surface area contributed by atoms with Crippen LogP contribution in [0.5, 0.6) is 23.0 Å². The van der Waals surface area contributed by atoms with E-state index in [1.807, 2.05) is 0 Å². The Morgan fingerprint density at radius 3 is 2.42 bits per heavy atom. The minimum atomic E-state index is -0.594. The number of benzene rings is 3. The Morgan fingerprint density at radius 1 is 0.970 bits per heavy atom. The van der Waals surface area contributed by atoms with Crippen LogP contribution >= 0.6 is 23.2 Å². The molecule has 0 aromatic heterocycles. The van der Waals surface area contributed by atoms with Gasteiger partial charge in [0.15, 0.2) is 17.3 Å². The van der Waals surface area contributed by atoms with Crippen molar-refractivity contribution in [3.05, 3.63) is 86.6 Å². The highest BCUT2D eigenvalue weighted by molar-refractivity contribution is 6.35. The number of Topliss-reactive ketones (excluding diaryl/α,β-unsaturated/α-hetero) is 1. The second kappa shape index (κ2) is 9.17. The summed E-state index contributed by atoms with van der Waals surface area (Å²) in [7, 11) is 2.99. The molecule has 0 amide bonds. The molecule has 6 nitrogen and oxygen atoms in total. The van der Waals surface area contributed by atoms with Crippen LogP contribution in [0.3, 0.4) is 0 Å². The lowest BCUT2D eigenvalue weighted by Gasteiger charge is -2.10. The van der Waals surface area contributed by atoms with Crippen molar-refractivity contribution in [1.29, 1.82) is 0 Å². The summed E-state index contributed by atoms with van der Waals surface area (Å²) < 4.78 is 21.7. The molecule has 1 aliphatic rings. The van der Waals surface area contributed by atoms with E-state index >= 15 is 0 Å². The Balaban J connectivity index is 1.60. The fourth-order valence-electron chi connectivity index (χ4n) is 3.43. The van der Waals surface area contributed by atoms with Crippen LogP contribution in [0.1, 0.15) is 31.8 Å². The number of aryl methyl sites for hydroxylation is 1. The van der Waals surface area contributed by atoms with E-state index in [2.05, 4.69) is 0 Å². The van der Waals surface area contributed by atoms with Crippen LogP contribution in [-0.2, 0) is 0 Å². The molecule has 33 heavy (non-hydrogen) atoms. The van der Waals surface area contributed by atoms with E-state index in [1.165, 1.54) is 26.4 Å². The van der Waals surface area contributed by atoms with Crippen molar-refractivity contribution in [1.82, 2.24) is 0 Å². The van der Waals surface area contributed by atoms with Gasteiger partial charge in [0.1, 0.15) is 11.5 Å². The van der Waals surface area contributed by atoms with Crippen molar-refractivity contribution in [2.24, 2.45) is 0 Å². The highest BCUT2D eigenvalue weighted by atomic mass is 35.5. The van der Waals surface area contributed by atoms with Crippen LogP contribution in [0.2, 0.25) is 10.0 Å². The number of hydrogen-bond acceptors (Lipinski definition) is 6. The third-order valence-electron chi connectivity index (χ3n) is 5.02. The van der Waals surface area contributed by atoms with Crippen molar-refractivity contribution in [3.8, 4) is 23.0 Å². The quantitative estimate of drug-likeness (QED) is 0.245. The lowest BCUT2D eigenvalue weighted by atomic mass is 10.0. The number of rotatable bonds is 5. The molecule has 0 saturated heterocycles. The van der Waals surface area contributed by atoms with E-state index in [0.717, 1.165) is 0 Å². The highest BCUT2D eigenvalue weighted by Crippen LogP contribution is 2.38. The molecule has 3 aromatic carbocycles. The number of hydrogen-bond donors (Lipinski definition) is 0. The van der Waals surface area contributed by atoms with Gasteiger partial charge >= 0.3 is 5.97 Å². The molecule has 1 aliphatic heterocycles. The van der Waals surface area contributed by atoms with Crippen molar-refractivity contribution >= 4 is 41.0 Å². The minimum absolute atomic E-state index is 0.112. The summed E-state index contributed by atoms with van der Waals surface area (Å²) in [6.45, 7) is 1.74. The summed E-state index contributed by atoms with van der Waals surface area (Å²) in [5, 5.41) is 0.879. The number of esters is 1. The van der Waals surface area contributed by atoms with Crippen LogP contribution < -0.4 is 18.9 Å². The number of ketones is 1. The van der Waals surface area contributed by atoms with Gasteiger partial charge in [-0.25, -0.2) is 4.79 Å². The maximum atomic E-state index is 12.9. The number of methoxy groups -OCH3 is 2. The smallest absolute Gasteiger partial charge is 0.343 e. The first-order chi connectivity index (χ1) is 15.8. The van der Waals surface area contributed by atoms with Crippen molar-refractivity contribution in [2.45, 2.75) is 6.92 Å². The van der Waals surface area contributed by atoms with E-state index in [-0.39, 0.29) is 22.9 Å². The van der Waals surface area contributed by atoms with E-state index in [1.54, 1.807) is 49.4 Å². The molecule has 0 fully saturated rings. The van der Waals surface area contributed by atoms with E-state index < -0.39 is 5.97 Å². The zero-order valence-corrected chi connectivity index (χ0v) is 19.4. The van der Waals surface area contributed by atoms with Crippen LogP contribution in [0.25, 0.3) is 6.08 Å². The maximum Gasteiger partial charge on any atom is 0.343 e. The van der Waals surface area contributed by atoms with Crippen LogP contribution in [0, 0.1) is 6.92 Å². The maximum absolute atomic E-state index is 12.9. The van der Waals surface area contributed by atoms with Gasteiger partial charge in [-0.3, -0.25) is 4.79 Å². The average Bonchev–Trinajstić information content (AvgIpc) is 3.10. The van der Waals surface area contributed by atoms with Gasteiger partial charge in [0.05, 0.1) is 25.3 Å². The Hall–Kier alpha value is -3.48. The Kier molecular flexibility index (Phi) is 6.31. The largest absolute Gasteiger partial charge is 0.493 e. The number of allylic oxidation sites excluding steroid dienone is 1. The van der Waals surface area contributed by atoms with E-state index in [4.69, 9.17) is 42.1 Å². The van der Waals surface area contributed by atoms with Gasteiger partial charge in [-0.2, -0.15) is 0 Å². The fourth-order valence-corrected chi connectivity index (χ4v) is 3.89. The first-order valence-electron chi connectivity index (χ1n) is 9.79. The summed E-state index contributed by atoms with van der Waals surface area (Å²) in [4.78, 5) is 25.6. The lowest BCUT2D eigenvalue weighted by Crippen LogP contribution is -2.09. The summed E-state index contributed by atoms with van der Waals surface area (Å²) >= 11 is 12.1. The molecule has 0 atom stereocenters.